The fourth-order valence-corrected chi connectivity index (χ4v) is 2.77. The summed E-state index contributed by atoms with van der Waals surface area (Å²) in [5.41, 5.74) is 0.679. The van der Waals surface area contributed by atoms with Crippen LogP contribution >= 0.6 is 23.2 Å². The predicted molar refractivity (Wildman–Crippen MR) is 99.6 cm³/mol. The first kappa shape index (κ1) is 20.8. The van der Waals surface area contributed by atoms with E-state index >= 15 is 0 Å². The summed E-state index contributed by atoms with van der Waals surface area (Å²) in [6.07, 6.45) is 0.292. The number of ether oxygens (including phenoxy) is 1. The van der Waals surface area contributed by atoms with Gasteiger partial charge in [-0.3, -0.25) is 14.4 Å². The Hall–Kier alpha value is -2.51. The van der Waals surface area contributed by atoms with Crippen molar-refractivity contribution in [2.75, 3.05) is 6.54 Å². The minimum Gasteiger partial charge on any atom is -0.459 e. The molecule has 2 aromatic rings. The molecule has 0 fully saturated rings. The van der Waals surface area contributed by atoms with Crippen LogP contribution in [0.1, 0.15) is 36.0 Å². The quantitative estimate of drug-likeness (QED) is 0.680. The molecule has 144 valence electrons. The highest BCUT2D eigenvalue weighted by molar-refractivity contribution is 6.35. The number of furan rings is 1. The number of nitrogens with one attached hydrogen (secondary N) is 2. The molecule has 0 bridgehead atoms. The van der Waals surface area contributed by atoms with E-state index in [1.807, 2.05) is 0 Å². The second-order valence-corrected chi connectivity index (χ2v) is 6.53. The van der Waals surface area contributed by atoms with Crippen LogP contribution in [-0.4, -0.2) is 30.4 Å². The van der Waals surface area contributed by atoms with Gasteiger partial charge < -0.3 is 19.8 Å². The third-order valence-electron chi connectivity index (χ3n) is 3.60. The maximum atomic E-state index is 12.2. The third-order valence-corrected chi connectivity index (χ3v) is 4.17. The molecule has 0 unspecified atom stereocenters. The highest BCUT2D eigenvalue weighted by Gasteiger charge is 2.21. The Balaban J connectivity index is 1.82. The number of carbonyl (C=O) groups is 3. The number of halogens is 2. The molecule has 0 spiro atoms. The van der Waals surface area contributed by atoms with Crippen LogP contribution in [0.4, 0.5) is 0 Å². The Labute approximate surface area is 166 Å². The topological polar surface area (TPSA) is 97.6 Å². The Bertz CT molecular complexity index is 823. The van der Waals surface area contributed by atoms with Crippen LogP contribution in [-0.2, 0) is 14.3 Å². The zero-order valence-corrected chi connectivity index (χ0v) is 16.1. The monoisotopic (exact) mass is 412 g/mol. The summed E-state index contributed by atoms with van der Waals surface area (Å²) in [6, 6.07) is 7.54. The average Bonchev–Trinajstić information content (AvgIpc) is 3.14. The van der Waals surface area contributed by atoms with Crippen molar-refractivity contribution < 1.29 is 23.5 Å². The lowest BCUT2D eigenvalue weighted by Gasteiger charge is -2.19. The molecule has 0 aliphatic carbocycles. The summed E-state index contributed by atoms with van der Waals surface area (Å²) in [5, 5.41) is 5.95. The first-order valence-corrected chi connectivity index (χ1v) is 8.80. The van der Waals surface area contributed by atoms with Gasteiger partial charge >= 0.3 is 5.97 Å². The lowest BCUT2D eigenvalue weighted by molar-refractivity contribution is -0.154. The van der Waals surface area contributed by atoms with Gasteiger partial charge in [-0.05, 0) is 43.7 Å². The fraction of sp³-hybridized carbons (Fsp3) is 0.278. The Kier molecular flexibility index (Phi) is 7.27. The van der Waals surface area contributed by atoms with Crippen LogP contribution in [0.2, 0.25) is 10.0 Å². The van der Waals surface area contributed by atoms with Crippen molar-refractivity contribution in [3.05, 3.63) is 58.0 Å². The number of amides is 2. The lowest BCUT2D eigenvalue weighted by atomic mass is 10.1. The molecule has 1 aromatic carbocycles. The fourth-order valence-electron chi connectivity index (χ4n) is 2.20. The first-order chi connectivity index (χ1) is 12.8. The van der Waals surface area contributed by atoms with E-state index in [0.29, 0.717) is 15.6 Å². The summed E-state index contributed by atoms with van der Waals surface area (Å²) in [7, 11) is 0. The summed E-state index contributed by atoms with van der Waals surface area (Å²) < 4.78 is 9.92. The smallest absolute Gasteiger partial charge is 0.326 e. The summed E-state index contributed by atoms with van der Waals surface area (Å²) in [5.74, 6) is -1.74. The Morgan fingerprint density at radius 2 is 1.93 bits per heavy atom. The van der Waals surface area contributed by atoms with Crippen molar-refractivity contribution in [2.24, 2.45) is 0 Å². The van der Waals surface area contributed by atoms with Crippen molar-refractivity contribution >= 4 is 41.0 Å². The molecule has 1 aromatic heterocycles. The highest BCUT2D eigenvalue weighted by Crippen LogP contribution is 2.26. The molecular formula is C18H18Cl2N2O5. The standard InChI is InChI=1S/C18H18Cl2N2O5/c1-10(13-6-5-12(19)8-14(13)20)22-17(24)11(2)27-16(23)9-21-18(25)15-4-3-7-26-15/h3-8,10-11H,9H2,1-2H3,(H,21,25)(H,22,24)/t10-,11-/m1/s1. The molecule has 1 heterocycles. The molecule has 0 aliphatic rings. The van der Waals surface area contributed by atoms with Crippen LogP contribution < -0.4 is 10.6 Å². The van der Waals surface area contributed by atoms with E-state index in [-0.39, 0.29) is 5.76 Å². The third kappa shape index (κ3) is 6.01. The number of rotatable bonds is 7. The Morgan fingerprint density at radius 1 is 1.19 bits per heavy atom. The van der Waals surface area contributed by atoms with Crippen molar-refractivity contribution in [2.45, 2.75) is 26.0 Å². The molecule has 2 N–H and O–H groups in total. The van der Waals surface area contributed by atoms with Crippen molar-refractivity contribution in [1.29, 1.82) is 0 Å². The molecule has 2 amide bonds. The van der Waals surface area contributed by atoms with Gasteiger partial charge in [0.1, 0.15) is 6.54 Å². The van der Waals surface area contributed by atoms with Crippen LogP contribution in [0.3, 0.4) is 0 Å². The van der Waals surface area contributed by atoms with Gasteiger partial charge in [0.05, 0.1) is 12.3 Å². The van der Waals surface area contributed by atoms with E-state index in [9.17, 15) is 14.4 Å². The van der Waals surface area contributed by atoms with Gasteiger partial charge in [-0.25, -0.2) is 0 Å². The second-order valence-electron chi connectivity index (χ2n) is 5.69. The van der Waals surface area contributed by atoms with Gasteiger partial charge in [0, 0.05) is 10.0 Å². The van der Waals surface area contributed by atoms with E-state index < -0.39 is 36.5 Å². The van der Waals surface area contributed by atoms with E-state index in [0.717, 1.165) is 0 Å². The zero-order valence-electron chi connectivity index (χ0n) is 14.6. The van der Waals surface area contributed by atoms with Gasteiger partial charge in [-0.2, -0.15) is 0 Å². The highest BCUT2D eigenvalue weighted by atomic mass is 35.5. The zero-order chi connectivity index (χ0) is 20.0. The molecule has 0 saturated heterocycles. The minimum atomic E-state index is -1.05. The maximum absolute atomic E-state index is 12.2. The van der Waals surface area contributed by atoms with Crippen LogP contribution in [0.25, 0.3) is 0 Å². The molecule has 9 heteroatoms. The number of hydrogen-bond donors (Lipinski definition) is 2. The Morgan fingerprint density at radius 3 is 2.56 bits per heavy atom. The van der Waals surface area contributed by atoms with Crippen LogP contribution in [0.15, 0.2) is 41.0 Å². The van der Waals surface area contributed by atoms with Gasteiger partial charge in [0.15, 0.2) is 11.9 Å². The molecule has 0 saturated carbocycles. The predicted octanol–water partition coefficient (Wildman–Crippen LogP) is 3.13. The van der Waals surface area contributed by atoms with E-state index in [1.165, 1.54) is 19.3 Å². The largest absolute Gasteiger partial charge is 0.459 e. The number of hydrogen-bond acceptors (Lipinski definition) is 5. The molecule has 0 radical (unpaired) electrons. The molecule has 2 rings (SSSR count). The summed E-state index contributed by atoms with van der Waals surface area (Å²) >= 11 is 12.0. The summed E-state index contributed by atoms with van der Waals surface area (Å²) in [4.78, 5) is 35.7. The number of benzene rings is 1. The van der Waals surface area contributed by atoms with Gasteiger partial charge in [0.25, 0.3) is 11.8 Å². The normalized spacial score (nSPS) is 12.7. The van der Waals surface area contributed by atoms with Crippen molar-refractivity contribution in [3.8, 4) is 0 Å². The van der Waals surface area contributed by atoms with Crippen LogP contribution in [0, 0.1) is 0 Å². The van der Waals surface area contributed by atoms with Gasteiger partial charge in [-0.1, -0.05) is 29.3 Å². The molecule has 0 aliphatic heterocycles. The van der Waals surface area contributed by atoms with Crippen LogP contribution in [0.5, 0.6) is 0 Å². The van der Waals surface area contributed by atoms with Crippen molar-refractivity contribution in [1.82, 2.24) is 10.6 Å². The van der Waals surface area contributed by atoms with E-state index in [1.54, 1.807) is 31.2 Å². The summed E-state index contributed by atoms with van der Waals surface area (Å²) in [6.45, 7) is 2.78. The average molecular weight is 413 g/mol. The molecule has 2 atom stereocenters. The maximum Gasteiger partial charge on any atom is 0.326 e. The number of esters is 1. The second kappa shape index (κ2) is 9.43. The molecule has 27 heavy (non-hydrogen) atoms. The minimum absolute atomic E-state index is 0.0715. The van der Waals surface area contributed by atoms with Gasteiger partial charge in [-0.15, -0.1) is 0 Å². The number of carbonyl (C=O) groups excluding carboxylic acids is 3. The van der Waals surface area contributed by atoms with Crippen molar-refractivity contribution in [3.63, 3.8) is 0 Å². The molecule has 7 nitrogen and oxygen atoms in total. The van der Waals surface area contributed by atoms with E-state index in [2.05, 4.69) is 10.6 Å². The SMILES string of the molecule is C[C@@H](OC(=O)CNC(=O)c1ccco1)C(=O)N[C@H](C)c1ccc(Cl)cc1Cl. The first-order valence-electron chi connectivity index (χ1n) is 8.04. The molecular weight excluding hydrogens is 395 g/mol. The van der Waals surface area contributed by atoms with E-state index in [4.69, 9.17) is 32.4 Å². The lowest BCUT2D eigenvalue weighted by Crippen LogP contribution is -2.39. The van der Waals surface area contributed by atoms with Gasteiger partial charge in [0.2, 0.25) is 0 Å².